The molecule has 0 saturated heterocycles. The van der Waals surface area contributed by atoms with Gasteiger partial charge >= 0.3 is 0 Å². The Morgan fingerprint density at radius 3 is 2.62 bits per heavy atom. The Balaban J connectivity index is 1.96. The normalized spacial score (nSPS) is 10.8. The van der Waals surface area contributed by atoms with E-state index >= 15 is 0 Å². The van der Waals surface area contributed by atoms with E-state index in [9.17, 15) is 4.79 Å². The van der Waals surface area contributed by atoms with E-state index in [2.05, 4.69) is 26.5 Å². The molecular weight excluding hydrogens is 396 g/mol. The molecule has 0 unspecified atom stereocenters. The largest absolute Gasteiger partial charge is 0.493 e. The highest BCUT2D eigenvalue weighted by Gasteiger charge is 2.09. The number of amides is 1. The maximum Gasteiger partial charge on any atom is 0.277 e. The summed E-state index contributed by atoms with van der Waals surface area (Å²) in [5.41, 5.74) is 6.42. The van der Waals surface area contributed by atoms with Gasteiger partial charge in [0.2, 0.25) is 0 Å². The van der Waals surface area contributed by atoms with Crippen molar-refractivity contribution in [3.63, 3.8) is 0 Å². The Morgan fingerprint density at radius 1 is 1.15 bits per heavy atom. The summed E-state index contributed by atoms with van der Waals surface area (Å²) < 4.78 is 12.1. The number of carbonyl (C=O) groups excluding carboxylic acids is 1. The van der Waals surface area contributed by atoms with Crippen LogP contribution < -0.4 is 14.9 Å². The molecule has 0 aromatic heterocycles. The molecule has 1 amide bonds. The zero-order valence-electron chi connectivity index (χ0n) is 15.4. The van der Waals surface area contributed by atoms with Crippen LogP contribution in [0.3, 0.4) is 0 Å². The van der Waals surface area contributed by atoms with Crippen LogP contribution in [0.1, 0.15) is 29.2 Å². The third-order valence-corrected chi connectivity index (χ3v) is 4.38. The van der Waals surface area contributed by atoms with E-state index in [1.54, 1.807) is 6.21 Å². The lowest BCUT2D eigenvalue weighted by atomic mass is 10.1. The van der Waals surface area contributed by atoms with Gasteiger partial charge in [0, 0.05) is 10.0 Å². The van der Waals surface area contributed by atoms with E-state index in [1.807, 2.05) is 58.0 Å². The van der Waals surface area contributed by atoms with Crippen LogP contribution in [-0.4, -0.2) is 25.3 Å². The van der Waals surface area contributed by atoms with Crippen molar-refractivity contribution in [1.82, 2.24) is 5.43 Å². The third kappa shape index (κ3) is 5.33. The lowest BCUT2D eigenvalue weighted by molar-refractivity contribution is -0.123. The number of ether oxygens (including phenoxy) is 2. The van der Waals surface area contributed by atoms with Crippen LogP contribution in [0.15, 0.2) is 39.9 Å². The number of hydrogen-bond acceptors (Lipinski definition) is 4. The SMILES string of the molecule is CCOc1ccc(Br)cc1/C=N/NC(=O)COc1c(C)ccc(C)c1C. The van der Waals surface area contributed by atoms with Gasteiger partial charge in [-0.2, -0.15) is 5.10 Å². The van der Waals surface area contributed by atoms with Gasteiger partial charge in [0.05, 0.1) is 12.8 Å². The third-order valence-electron chi connectivity index (χ3n) is 3.89. The van der Waals surface area contributed by atoms with E-state index in [-0.39, 0.29) is 12.5 Å². The summed E-state index contributed by atoms with van der Waals surface area (Å²) in [6, 6.07) is 9.63. The zero-order chi connectivity index (χ0) is 19.1. The van der Waals surface area contributed by atoms with Crippen molar-refractivity contribution >= 4 is 28.1 Å². The Hall–Kier alpha value is -2.34. The van der Waals surface area contributed by atoms with Crippen LogP contribution in [0.2, 0.25) is 0 Å². The molecule has 2 aromatic carbocycles. The van der Waals surface area contributed by atoms with Crippen molar-refractivity contribution in [3.8, 4) is 11.5 Å². The van der Waals surface area contributed by atoms with Crippen molar-refractivity contribution in [3.05, 3.63) is 57.1 Å². The smallest absolute Gasteiger partial charge is 0.277 e. The Bertz CT molecular complexity index is 819. The molecule has 26 heavy (non-hydrogen) atoms. The molecular formula is C20H23BrN2O3. The first-order chi connectivity index (χ1) is 12.4. The summed E-state index contributed by atoms with van der Waals surface area (Å²) >= 11 is 3.41. The molecule has 0 aliphatic carbocycles. The van der Waals surface area contributed by atoms with Gasteiger partial charge in [-0.05, 0) is 62.6 Å². The van der Waals surface area contributed by atoms with Crippen molar-refractivity contribution in [2.24, 2.45) is 5.10 Å². The van der Waals surface area contributed by atoms with E-state index in [4.69, 9.17) is 9.47 Å². The average molecular weight is 419 g/mol. The molecule has 138 valence electrons. The van der Waals surface area contributed by atoms with E-state index in [1.165, 1.54) is 0 Å². The van der Waals surface area contributed by atoms with E-state index < -0.39 is 0 Å². The van der Waals surface area contributed by atoms with Crippen LogP contribution >= 0.6 is 15.9 Å². The quantitative estimate of drug-likeness (QED) is 0.538. The molecule has 0 heterocycles. The van der Waals surface area contributed by atoms with Crippen LogP contribution in [0.4, 0.5) is 0 Å². The predicted octanol–water partition coefficient (Wildman–Crippen LogP) is 4.30. The first-order valence-corrected chi connectivity index (χ1v) is 9.15. The molecule has 0 atom stereocenters. The van der Waals surface area contributed by atoms with Gasteiger partial charge in [0.1, 0.15) is 11.5 Å². The highest BCUT2D eigenvalue weighted by atomic mass is 79.9. The minimum absolute atomic E-state index is 0.0979. The number of halogens is 1. The highest BCUT2D eigenvalue weighted by Crippen LogP contribution is 2.25. The molecule has 2 rings (SSSR count). The fourth-order valence-corrected chi connectivity index (χ4v) is 2.78. The minimum atomic E-state index is -0.325. The van der Waals surface area contributed by atoms with Crippen LogP contribution in [0.5, 0.6) is 11.5 Å². The van der Waals surface area contributed by atoms with Crippen molar-refractivity contribution in [1.29, 1.82) is 0 Å². The van der Waals surface area contributed by atoms with Crippen LogP contribution in [0.25, 0.3) is 0 Å². The Kier molecular flexibility index (Phi) is 7.21. The van der Waals surface area contributed by atoms with E-state index in [0.29, 0.717) is 12.4 Å². The average Bonchev–Trinajstić information content (AvgIpc) is 2.60. The number of nitrogens with one attached hydrogen (secondary N) is 1. The molecule has 6 heteroatoms. The Morgan fingerprint density at radius 2 is 1.88 bits per heavy atom. The van der Waals surface area contributed by atoms with Gasteiger partial charge in [-0.3, -0.25) is 4.79 Å². The van der Waals surface area contributed by atoms with Crippen LogP contribution in [-0.2, 0) is 4.79 Å². The van der Waals surface area contributed by atoms with Gasteiger partial charge in [-0.25, -0.2) is 5.43 Å². The van der Waals surface area contributed by atoms with Crippen molar-refractivity contribution < 1.29 is 14.3 Å². The second kappa shape index (κ2) is 9.38. The first kappa shape index (κ1) is 20.0. The lowest BCUT2D eigenvalue weighted by Crippen LogP contribution is -2.25. The fourth-order valence-electron chi connectivity index (χ4n) is 2.40. The lowest BCUT2D eigenvalue weighted by Gasteiger charge is -2.13. The number of aryl methyl sites for hydroxylation is 2. The second-order valence-electron chi connectivity index (χ2n) is 5.85. The second-order valence-corrected chi connectivity index (χ2v) is 6.77. The molecule has 0 bridgehead atoms. The molecule has 0 aliphatic rings. The number of hydrogen-bond donors (Lipinski definition) is 1. The van der Waals surface area contributed by atoms with Crippen molar-refractivity contribution in [2.45, 2.75) is 27.7 Å². The molecule has 0 aliphatic heterocycles. The summed E-state index contributed by atoms with van der Waals surface area (Å²) in [6.07, 6.45) is 1.55. The summed E-state index contributed by atoms with van der Waals surface area (Å²) in [4.78, 5) is 12.0. The van der Waals surface area contributed by atoms with Crippen LogP contribution in [0, 0.1) is 20.8 Å². The monoisotopic (exact) mass is 418 g/mol. The van der Waals surface area contributed by atoms with Gasteiger partial charge in [0.15, 0.2) is 6.61 Å². The fraction of sp³-hybridized carbons (Fsp3) is 0.300. The molecule has 0 spiro atoms. The number of nitrogens with zero attached hydrogens (tertiary/aromatic N) is 1. The topological polar surface area (TPSA) is 59.9 Å². The van der Waals surface area contributed by atoms with Gasteiger partial charge in [-0.15, -0.1) is 0 Å². The maximum atomic E-state index is 12.0. The Labute approximate surface area is 162 Å². The number of rotatable bonds is 7. The molecule has 0 fully saturated rings. The highest BCUT2D eigenvalue weighted by molar-refractivity contribution is 9.10. The predicted molar refractivity (Wildman–Crippen MR) is 107 cm³/mol. The maximum absolute atomic E-state index is 12.0. The molecule has 0 saturated carbocycles. The first-order valence-electron chi connectivity index (χ1n) is 8.36. The molecule has 0 radical (unpaired) electrons. The number of benzene rings is 2. The molecule has 2 aromatic rings. The minimum Gasteiger partial charge on any atom is -0.493 e. The van der Waals surface area contributed by atoms with Gasteiger partial charge in [-0.1, -0.05) is 28.1 Å². The molecule has 5 nitrogen and oxygen atoms in total. The van der Waals surface area contributed by atoms with Gasteiger partial charge in [0.25, 0.3) is 5.91 Å². The summed E-state index contributed by atoms with van der Waals surface area (Å²) in [5, 5.41) is 3.99. The number of carbonyl (C=O) groups is 1. The number of hydrazone groups is 1. The standard InChI is InChI=1S/C20H23BrN2O3/c1-5-25-18-9-8-17(21)10-16(18)11-22-23-19(24)12-26-20-14(3)7-6-13(2)15(20)4/h6-11H,5,12H2,1-4H3,(H,23,24)/b22-11+. The summed E-state index contributed by atoms with van der Waals surface area (Å²) in [5.74, 6) is 1.13. The summed E-state index contributed by atoms with van der Waals surface area (Å²) in [6.45, 7) is 8.32. The van der Waals surface area contributed by atoms with Gasteiger partial charge < -0.3 is 9.47 Å². The van der Waals surface area contributed by atoms with E-state index in [0.717, 1.165) is 32.5 Å². The zero-order valence-corrected chi connectivity index (χ0v) is 17.0. The molecule has 1 N–H and O–H groups in total. The van der Waals surface area contributed by atoms with Crippen molar-refractivity contribution in [2.75, 3.05) is 13.2 Å². The summed E-state index contributed by atoms with van der Waals surface area (Å²) in [7, 11) is 0.